The molecule has 1 amide bonds. The lowest BCUT2D eigenvalue weighted by Gasteiger charge is -2.22. The Hall–Kier alpha value is -1.40. The number of aliphatic hydroxyl groups excluding tert-OH is 2. The van der Waals surface area contributed by atoms with E-state index in [1.54, 1.807) is 0 Å². The zero-order valence-electron chi connectivity index (χ0n) is 50.4. The standard InChI is InChI=1S/C68H133NO5/c1-3-5-7-9-11-13-15-17-19-29-34-38-42-46-50-54-58-62-68(73)74-63-59-55-51-47-43-39-35-31-28-26-24-22-21-23-25-27-30-33-37-41-45-49-53-57-61-67(72)69-65(64-70)66(71)60-56-52-48-44-40-36-32-20-18-16-14-12-10-8-6-4-2/h17,19,65-66,70-71H,3-16,18,20-64H2,1-2H3,(H,69,72)/b19-17-. The van der Waals surface area contributed by atoms with Gasteiger partial charge in [-0.1, -0.05) is 334 Å². The molecule has 0 aromatic heterocycles. The summed E-state index contributed by atoms with van der Waals surface area (Å²) >= 11 is 0. The number of carbonyl (C=O) groups is 2. The Bertz CT molecular complexity index is 1110. The fourth-order valence-electron chi connectivity index (χ4n) is 10.9. The van der Waals surface area contributed by atoms with Gasteiger partial charge in [0.1, 0.15) is 0 Å². The smallest absolute Gasteiger partial charge is 0.305 e. The maximum absolute atomic E-state index is 12.5. The number of carbonyl (C=O) groups excluding carboxylic acids is 2. The number of rotatable bonds is 64. The van der Waals surface area contributed by atoms with Crippen LogP contribution < -0.4 is 5.32 Å². The molecule has 0 radical (unpaired) electrons. The lowest BCUT2D eigenvalue weighted by Crippen LogP contribution is -2.45. The third-order valence-corrected chi connectivity index (χ3v) is 16.1. The Morgan fingerprint density at radius 3 is 0.959 bits per heavy atom. The molecule has 0 heterocycles. The summed E-state index contributed by atoms with van der Waals surface area (Å²) in [5, 5.41) is 23.3. The number of amides is 1. The van der Waals surface area contributed by atoms with Crippen LogP contribution in [-0.4, -0.2) is 47.4 Å². The predicted octanol–water partition coefficient (Wildman–Crippen LogP) is 21.6. The second-order valence-electron chi connectivity index (χ2n) is 23.5. The SMILES string of the molecule is CCCCCCCC/C=C\CCCCCCCCCC(=O)OCCCCCCCCCCCCCCCCCCCCCCCCCCC(=O)NC(CO)C(O)CCCCCCCCCCCCCCCCCC. The van der Waals surface area contributed by atoms with Gasteiger partial charge in [0.15, 0.2) is 0 Å². The molecule has 74 heavy (non-hydrogen) atoms. The minimum atomic E-state index is -0.663. The summed E-state index contributed by atoms with van der Waals surface area (Å²) in [5.41, 5.74) is 0. The summed E-state index contributed by atoms with van der Waals surface area (Å²) in [6.45, 7) is 4.98. The Labute approximate surface area is 463 Å². The second-order valence-corrected chi connectivity index (χ2v) is 23.5. The average molecular weight is 1040 g/mol. The Kier molecular flexibility index (Phi) is 62.9. The molecule has 0 rings (SSSR count). The first kappa shape index (κ1) is 72.6. The van der Waals surface area contributed by atoms with Gasteiger partial charge in [0, 0.05) is 12.8 Å². The predicted molar refractivity (Wildman–Crippen MR) is 324 cm³/mol. The van der Waals surface area contributed by atoms with Gasteiger partial charge in [-0.15, -0.1) is 0 Å². The van der Waals surface area contributed by atoms with Crippen molar-refractivity contribution in [1.82, 2.24) is 5.32 Å². The van der Waals surface area contributed by atoms with E-state index >= 15 is 0 Å². The monoisotopic (exact) mass is 1040 g/mol. The van der Waals surface area contributed by atoms with Crippen LogP contribution in [0, 0.1) is 0 Å². The molecule has 2 atom stereocenters. The Balaban J connectivity index is 3.35. The molecule has 2 unspecified atom stereocenters. The molecule has 0 aromatic rings. The van der Waals surface area contributed by atoms with Crippen molar-refractivity contribution >= 4 is 11.9 Å². The van der Waals surface area contributed by atoms with E-state index in [-0.39, 0.29) is 18.5 Å². The first-order valence-electron chi connectivity index (χ1n) is 33.9. The van der Waals surface area contributed by atoms with E-state index in [1.807, 2.05) is 0 Å². The largest absolute Gasteiger partial charge is 0.466 e. The van der Waals surface area contributed by atoms with E-state index in [9.17, 15) is 19.8 Å². The first-order valence-corrected chi connectivity index (χ1v) is 33.9. The number of hydrogen-bond donors (Lipinski definition) is 3. The van der Waals surface area contributed by atoms with Crippen molar-refractivity contribution in [1.29, 1.82) is 0 Å². The Morgan fingerprint density at radius 1 is 0.365 bits per heavy atom. The maximum Gasteiger partial charge on any atom is 0.305 e. The molecule has 0 aliphatic carbocycles. The molecular weight excluding hydrogens is 911 g/mol. The summed E-state index contributed by atoms with van der Waals surface area (Å²) < 4.78 is 5.50. The zero-order valence-corrected chi connectivity index (χ0v) is 50.4. The molecule has 0 aliphatic rings. The van der Waals surface area contributed by atoms with E-state index in [0.717, 1.165) is 44.9 Å². The van der Waals surface area contributed by atoms with Crippen molar-refractivity contribution in [2.75, 3.05) is 13.2 Å². The first-order chi connectivity index (χ1) is 36.5. The van der Waals surface area contributed by atoms with Crippen LogP contribution in [0.4, 0.5) is 0 Å². The van der Waals surface area contributed by atoms with E-state index in [1.165, 1.54) is 308 Å². The molecule has 0 saturated heterocycles. The van der Waals surface area contributed by atoms with Gasteiger partial charge in [-0.3, -0.25) is 9.59 Å². The van der Waals surface area contributed by atoms with Crippen LogP contribution in [0.2, 0.25) is 0 Å². The minimum absolute atomic E-state index is 0.0131. The number of allylic oxidation sites excluding steroid dienone is 2. The molecule has 0 aliphatic heterocycles. The van der Waals surface area contributed by atoms with Crippen LogP contribution in [0.1, 0.15) is 386 Å². The molecule has 6 heteroatoms. The maximum atomic E-state index is 12.5. The van der Waals surface area contributed by atoms with Crippen LogP contribution in [0.15, 0.2) is 12.2 Å². The van der Waals surface area contributed by atoms with Gasteiger partial charge < -0.3 is 20.3 Å². The highest BCUT2D eigenvalue weighted by Crippen LogP contribution is 2.19. The van der Waals surface area contributed by atoms with Crippen molar-refractivity contribution in [3.63, 3.8) is 0 Å². The molecule has 440 valence electrons. The van der Waals surface area contributed by atoms with Gasteiger partial charge >= 0.3 is 5.97 Å². The van der Waals surface area contributed by atoms with Gasteiger partial charge in [-0.05, 0) is 51.4 Å². The number of hydrogen-bond acceptors (Lipinski definition) is 5. The fourth-order valence-corrected chi connectivity index (χ4v) is 10.9. The van der Waals surface area contributed by atoms with Gasteiger partial charge in [-0.25, -0.2) is 0 Å². The molecule has 0 spiro atoms. The minimum Gasteiger partial charge on any atom is -0.466 e. The average Bonchev–Trinajstić information content (AvgIpc) is 3.40. The van der Waals surface area contributed by atoms with Crippen molar-refractivity contribution in [2.45, 2.75) is 398 Å². The van der Waals surface area contributed by atoms with Crippen LogP contribution in [0.3, 0.4) is 0 Å². The normalized spacial score (nSPS) is 12.5. The highest BCUT2D eigenvalue weighted by molar-refractivity contribution is 5.76. The number of ether oxygens (including phenoxy) is 1. The van der Waals surface area contributed by atoms with Crippen molar-refractivity contribution < 1.29 is 24.5 Å². The van der Waals surface area contributed by atoms with E-state index in [2.05, 4.69) is 31.3 Å². The quantitative estimate of drug-likeness (QED) is 0.0320. The zero-order chi connectivity index (χ0) is 53.6. The van der Waals surface area contributed by atoms with E-state index in [4.69, 9.17) is 4.74 Å². The molecule has 0 saturated carbocycles. The Morgan fingerprint density at radius 2 is 0.635 bits per heavy atom. The van der Waals surface area contributed by atoms with Crippen molar-refractivity contribution in [2.24, 2.45) is 0 Å². The fraction of sp³-hybridized carbons (Fsp3) is 0.941. The lowest BCUT2D eigenvalue weighted by molar-refractivity contribution is -0.143. The third-order valence-electron chi connectivity index (χ3n) is 16.1. The molecule has 3 N–H and O–H groups in total. The molecule has 0 aromatic carbocycles. The van der Waals surface area contributed by atoms with Crippen molar-refractivity contribution in [3.8, 4) is 0 Å². The van der Waals surface area contributed by atoms with Gasteiger partial charge in [-0.2, -0.15) is 0 Å². The van der Waals surface area contributed by atoms with Gasteiger partial charge in [0.05, 0.1) is 25.4 Å². The summed E-state index contributed by atoms with van der Waals surface area (Å²) in [7, 11) is 0. The van der Waals surface area contributed by atoms with Crippen LogP contribution >= 0.6 is 0 Å². The number of esters is 1. The number of aliphatic hydroxyl groups is 2. The van der Waals surface area contributed by atoms with Crippen molar-refractivity contribution in [3.05, 3.63) is 12.2 Å². The second kappa shape index (κ2) is 64.1. The van der Waals surface area contributed by atoms with Crippen LogP contribution in [0.5, 0.6) is 0 Å². The highest BCUT2D eigenvalue weighted by atomic mass is 16.5. The highest BCUT2D eigenvalue weighted by Gasteiger charge is 2.20. The molecule has 0 fully saturated rings. The summed E-state index contributed by atoms with van der Waals surface area (Å²) in [6, 6.07) is -0.540. The molecule has 6 nitrogen and oxygen atoms in total. The van der Waals surface area contributed by atoms with E-state index < -0.39 is 12.1 Å². The molecule has 0 bridgehead atoms. The summed E-state index contributed by atoms with van der Waals surface area (Å²) in [6.07, 6.45) is 78.1. The van der Waals surface area contributed by atoms with Gasteiger partial charge in [0.25, 0.3) is 0 Å². The lowest BCUT2D eigenvalue weighted by atomic mass is 10.0. The number of unbranched alkanes of at least 4 members (excludes halogenated alkanes) is 51. The van der Waals surface area contributed by atoms with Crippen LogP contribution in [0.25, 0.3) is 0 Å². The molecular formula is C68H133NO5. The summed E-state index contributed by atoms with van der Waals surface area (Å²) in [5.74, 6) is -0.0173. The third kappa shape index (κ3) is 59.8. The van der Waals surface area contributed by atoms with E-state index in [0.29, 0.717) is 25.9 Å². The summed E-state index contributed by atoms with van der Waals surface area (Å²) in [4.78, 5) is 24.6. The topological polar surface area (TPSA) is 95.9 Å². The van der Waals surface area contributed by atoms with Gasteiger partial charge in [0.2, 0.25) is 5.91 Å². The number of nitrogens with one attached hydrogen (secondary N) is 1. The van der Waals surface area contributed by atoms with Crippen LogP contribution in [-0.2, 0) is 14.3 Å².